The van der Waals surface area contributed by atoms with Gasteiger partial charge in [0.15, 0.2) is 0 Å². The van der Waals surface area contributed by atoms with E-state index in [0.29, 0.717) is 19.6 Å². The second kappa shape index (κ2) is 5.65. The quantitative estimate of drug-likeness (QED) is 0.724. The van der Waals surface area contributed by atoms with Gasteiger partial charge in [0, 0.05) is 26.2 Å². The Labute approximate surface area is 103 Å². The van der Waals surface area contributed by atoms with Crippen LogP contribution in [0.1, 0.15) is 32.1 Å². The molecule has 0 aromatic rings. The third-order valence-electron chi connectivity index (χ3n) is 3.71. The molecule has 1 aliphatic carbocycles. The van der Waals surface area contributed by atoms with E-state index in [-0.39, 0.29) is 12.5 Å². The number of nitrogens with one attached hydrogen (secondary N) is 1. The Kier molecular flexibility index (Phi) is 4.41. The molecule has 1 saturated heterocycles. The van der Waals surface area contributed by atoms with Crippen LogP contribution in [0.5, 0.6) is 0 Å². The van der Waals surface area contributed by atoms with Gasteiger partial charge in [-0.1, -0.05) is 12.8 Å². The van der Waals surface area contributed by atoms with Crippen molar-refractivity contribution in [2.45, 2.75) is 32.1 Å². The molecule has 0 atom stereocenters. The summed E-state index contributed by atoms with van der Waals surface area (Å²) in [5.41, 5.74) is 0. The van der Waals surface area contributed by atoms with E-state index in [1.165, 1.54) is 17.1 Å². The summed E-state index contributed by atoms with van der Waals surface area (Å²) < 4.78 is 28.0. The average Bonchev–Trinajstić information content (AvgIpc) is 3.13. The lowest BCUT2D eigenvalue weighted by atomic mass is 10.00. The Morgan fingerprint density at radius 3 is 2.29 bits per heavy atom. The molecule has 17 heavy (non-hydrogen) atoms. The minimum absolute atomic E-state index is 0.170. The monoisotopic (exact) mass is 262 g/mol. The van der Waals surface area contributed by atoms with Crippen LogP contribution in [0, 0.1) is 11.8 Å². The van der Waals surface area contributed by atoms with Crippen molar-refractivity contribution in [1.29, 1.82) is 0 Å². The summed E-state index contributed by atoms with van der Waals surface area (Å²) in [5.74, 6) is 1.02. The summed E-state index contributed by atoms with van der Waals surface area (Å²) in [5, 5.41) is 9.01. The molecule has 0 unspecified atom stereocenters. The third-order valence-corrected chi connectivity index (χ3v) is 5.32. The maximum atomic E-state index is 11.9. The molecule has 0 spiro atoms. The predicted molar refractivity (Wildman–Crippen MR) is 65.6 cm³/mol. The van der Waals surface area contributed by atoms with Crippen LogP contribution in [0.2, 0.25) is 0 Å². The van der Waals surface area contributed by atoms with Crippen LogP contribution in [-0.2, 0) is 10.2 Å². The van der Waals surface area contributed by atoms with Crippen LogP contribution in [0.15, 0.2) is 0 Å². The van der Waals surface area contributed by atoms with Crippen molar-refractivity contribution < 1.29 is 13.5 Å². The normalized spacial score (nSPS) is 24.1. The van der Waals surface area contributed by atoms with Gasteiger partial charge in [-0.25, -0.2) is 4.72 Å². The number of aliphatic hydroxyl groups is 1. The van der Waals surface area contributed by atoms with Gasteiger partial charge >= 0.3 is 0 Å². The first kappa shape index (κ1) is 13.3. The molecule has 2 N–H and O–H groups in total. The number of hydrogen-bond donors (Lipinski definition) is 2. The van der Waals surface area contributed by atoms with Gasteiger partial charge in [0.1, 0.15) is 0 Å². The molecule has 0 bridgehead atoms. The van der Waals surface area contributed by atoms with E-state index in [0.717, 1.165) is 25.2 Å². The summed E-state index contributed by atoms with van der Waals surface area (Å²) in [4.78, 5) is 0. The van der Waals surface area contributed by atoms with Gasteiger partial charge in [-0.05, 0) is 31.1 Å². The fraction of sp³-hybridized carbons (Fsp3) is 1.00. The van der Waals surface area contributed by atoms with E-state index >= 15 is 0 Å². The van der Waals surface area contributed by atoms with Crippen molar-refractivity contribution in [1.82, 2.24) is 9.03 Å². The van der Waals surface area contributed by atoms with E-state index in [2.05, 4.69) is 4.72 Å². The predicted octanol–water partition coefficient (Wildman–Crippen LogP) is 0.325. The van der Waals surface area contributed by atoms with Crippen molar-refractivity contribution in [3.8, 4) is 0 Å². The standard InChI is InChI=1S/C11H22N2O3S/c14-9-11-4-7-13(8-5-11)17(15,16)12-6-3-10-1-2-10/h10-12,14H,1-9H2. The number of aliphatic hydroxyl groups excluding tert-OH is 1. The van der Waals surface area contributed by atoms with Crippen molar-refractivity contribution in [3.63, 3.8) is 0 Å². The van der Waals surface area contributed by atoms with E-state index < -0.39 is 10.2 Å². The molecule has 0 amide bonds. The second-order valence-corrected chi connectivity index (χ2v) is 6.91. The van der Waals surface area contributed by atoms with E-state index in [4.69, 9.17) is 5.11 Å². The molecule has 0 radical (unpaired) electrons. The molecule has 2 aliphatic rings. The molecule has 1 saturated carbocycles. The highest BCUT2D eigenvalue weighted by molar-refractivity contribution is 7.87. The Bertz CT molecular complexity index is 333. The first-order chi connectivity index (χ1) is 8.12. The smallest absolute Gasteiger partial charge is 0.279 e. The molecule has 100 valence electrons. The third kappa shape index (κ3) is 3.91. The topological polar surface area (TPSA) is 69.6 Å². The summed E-state index contributed by atoms with van der Waals surface area (Å²) in [6.07, 6.45) is 5.00. The Balaban J connectivity index is 1.74. The zero-order chi connectivity index (χ0) is 12.3. The van der Waals surface area contributed by atoms with Gasteiger partial charge in [0.25, 0.3) is 10.2 Å². The number of hydrogen-bond acceptors (Lipinski definition) is 3. The van der Waals surface area contributed by atoms with Crippen LogP contribution in [-0.4, -0.2) is 44.1 Å². The SMILES string of the molecule is O=S(=O)(NCCC1CC1)N1CCC(CO)CC1. The molecule has 2 fully saturated rings. The highest BCUT2D eigenvalue weighted by atomic mass is 32.2. The Morgan fingerprint density at radius 2 is 1.76 bits per heavy atom. The molecule has 0 aromatic heterocycles. The minimum atomic E-state index is -3.28. The van der Waals surface area contributed by atoms with Gasteiger partial charge in [0.2, 0.25) is 0 Å². The molecule has 2 rings (SSSR count). The number of piperidine rings is 1. The van der Waals surface area contributed by atoms with Gasteiger partial charge in [-0.15, -0.1) is 0 Å². The molecular formula is C11H22N2O3S. The highest BCUT2D eigenvalue weighted by Crippen LogP contribution is 2.31. The lowest BCUT2D eigenvalue weighted by Gasteiger charge is -2.30. The molecular weight excluding hydrogens is 240 g/mol. The lowest BCUT2D eigenvalue weighted by molar-refractivity contribution is 0.169. The Hall–Kier alpha value is -0.170. The van der Waals surface area contributed by atoms with Gasteiger partial charge < -0.3 is 5.11 Å². The van der Waals surface area contributed by atoms with Crippen LogP contribution in [0.4, 0.5) is 0 Å². The van der Waals surface area contributed by atoms with E-state index in [9.17, 15) is 8.42 Å². The summed E-state index contributed by atoms with van der Waals surface area (Å²) >= 11 is 0. The van der Waals surface area contributed by atoms with Crippen molar-refractivity contribution in [2.24, 2.45) is 11.8 Å². The van der Waals surface area contributed by atoms with E-state index in [1.807, 2.05) is 0 Å². The summed E-state index contributed by atoms with van der Waals surface area (Å²) in [7, 11) is -3.28. The van der Waals surface area contributed by atoms with E-state index in [1.54, 1.807) is 0 Å². The van der Waals surface area contributed by atoms with Crippen LogP contribution < -0.4 is 4.72 Å². The largest absolute Gasteiger partial charge is 0.396 e. The van der Waals surface area contributed by atoms with Crippen LogP contribution in [0.3, 0.4) is 0 Å². The van der Waals surface area contributed by atoms with Gasteiger partial charge in [-0.2, -0.15) is 12.7 Å². The summed E-state index contributed by atoms with van der Waals surface area (Å²) in [6.45, 7) is 1.80. The van der Waals surface area contributed by atoms with Crippen molar-refractivity contribution in [3.05, 3.63) is 0 Å². The molecule has 0 aromatic carbocycles. The minimum Gasteiger partial charge on any atom is -0.396 e. The molecule has 1 heterocycles. The Morgan fingerprint density at radius 1 is 1.12 bits per heavy atom. The maximum absolute atomic E-state index is 11.9. The molecule has 1 aliphatic heterocycles. The van der Waals surface area contributed by atoms with Crippen LogP contribution >= 0.6 is 0 Å². The highest BCUT2D eigenvalue weighted by Gasteiger charge is 2.28. The number of rotatable bonds is 6. The lowest BCUT2D eigenvalue weighted by Crippen LogP contribution is -2.45. The molecule has 6 heteroatoms. The number of nitrogens with zero attached hydrogens (tertiary/aromatic N) is 1. The summed E-state index contributed by atoms with van der Waals surface area (Å²) in [6, 6.07) is 0. The fourth-order valence-corrected chi connectivity index (χ4v) is 3.47. The van der Waals surface area contributed by atoms with Gasteiger partial charge in [-0.3, -0.25) is 0 Å². The van der Waals surface area contributed by atoms with Gasteiger partial charge in [0.05, 0.1) is 0 Å². The maximum Gasteiger partial charge on any atom is 0.279 e. The van der Waals surface area contributed by atoms with Crippen molar-refractivity contribution in [2.75, 3.05) is 26.2 Å². The molecule has 5 nitrogen and oxygen atoms in total. The second-order valence-electron chi connectivity index (χ2n) is 5.16. The first-order valence-corrected chi connectivity index (χ1v) is 7.91. The fourth-order valence-electron chi connectivity index (χ4n) is 2.22. The zero-order valence-corrected chi connectivity index (χ0v) is 11.0. The van der Waals surface area contributed by atoms with Crippen molar-refractivity contribution >= 4 is 10.2 Å². The zero-order valence-electron chi connectivity index (χ0n) is 10.1. The first-order valence-electron chi connectivity index (χ1n) is 6.47. The van der Waals surface area contributed by atoms with Crippen LogP contribution in [0.25, 0.3) is 0 Å². The average molecular weight is 262 g/mol.